The second-order valence-corrected chi connectivity index (χ2v) is 12.7. The predicted octanol–water partition coefficient (Wildman–Crippen LogP) is 2.99. The first-order chi connectivity index (χ1) is 20.9. The van der Waals surface area contributed by atoms with Crippen molar-refractivity contribution < 1.29 is 33.4 Å². The highest BCUT2D eigenvalue weighted by atomic mass is 19.1. The van der Waals surface area contributed by atoms with Gasteiger partial charge in [0.05, 0.1) is 6.04 Å². The molecule has 0 bridgehead atoms. The molecule has 1 saturated heterocycles. The highest BCUT2D eigenvalue weighted by Gasteiger charge is 2.61. The second-order valence-electron chi connectivity index (χ2n) is 12.7. The van der Waals surface area contributed by atoms with E-state index in [0.717, 1.165) is 19.3 Å². The summed E-state index contributed by atoms with van der Waals surface area (Å²) < 4.78 is 18.8. The van der Waals surface area contributed by atoms with Gasteiger partial charge in [0.1, 0.15) is 29.0 Å². The topological polar surface area (TPSA) is 169 Å². The summed E-state index contributed by atoms with van der Waals surface area (Å²) in [5, 5.41) is 28.1. The van der Waals surface area contributed by atoms with Gasteiger partial charge in [0.15, 0.2) is 0 Å². The summed E-state index contributed by atoms with van der Waals surface area (Å²) in [5.41, 5.74) is -1.69. The van der Waals surface area contributed by atoms with E-state index in [2.05, 4.69) is 26.0 Å². The van der Waals surface area contributed by atoms with Gasteiger partial charge in [-0.25, -0.2) is 14.0 Å². The Labute approximate surface area is 254 Å². The number of aromatic nitrogens is 4. The Kier molecular flexibility index (Phi) is 8.71. The molecule has 14 heteroatoms. The number of nitrogens with zero attached hydrogens (tertiary/aromatic N) is 5. The first kappa shape index (κ1) is 31.1. The second kappa shape index (κ2) is 12.3. The predicted molar refractivity (Wildman–Crippen MR) is 154 cm³/mol. The van der Waals surface area contributed by atoms with Crippen LogP contribution < -0.4 is 10.6 Å². The smallest absolute Gasteiger partial charge is 0.408 e. The molecule has 3 amide bonds. The van der Waals surface area contributed by atoms with Crippen molar-refractivity contribution in [3.63, 3.8) is 0 Å². The van der Waals surface area contributed by atoms with E-state index in [1.807, 2.05) is 12.2 Å². The van der Waals surface area contributed by atoms with Crippen LogP contribution in [-0.4, -0.2) is 83.9 Å². The van der Waals surface area contributed by atoms with Gasteiger partial charge < -0.3 is 25.4 Å². The number of amides is 3. The van der Waals surface area contributed by atoms with Crippen molar-refractivity contribution in [3.8, 4) is 11.4 Å². The molecule has 3 aliphatic rings. The number of carbonyl (C=O) groups is 4. The average molecular weight is 612 g/mol. The van der Waals surface area contributed by atoms with Gasteiger partial charge in [0, 0.05) is 24.4 Å². The molecule has 0 unspecified atom stereocenters. The fourth-order valence-corrected chi connectivity index (χ4v) is 5.79. The number of hydrogen-bond donors (Lipinski definition) is 3. The molecule has 0 spiro atoms. The van der Waals surface area contributed by atoms with Crippen molar-refractivity contribution in [3.05, 3.63) is 42.2 Å². The average Bonchev–Trinajstić information content (AvgIpc) is 3.26. The van der Waals surface area contributed by atoms with E-state index < -0.39 is 59.0 Å². The molecule has 2 aliphatic heterocycles. The lowest BCUT2D eigenvalue weighted by molar-refractivity contribution is -0.145. The van der Waals surface area contributed by atoms with E-state index in [0.29, 0.717) is 18.4 Å². The maximum Gasteiger partial charge on any atom is 0.408 e. The molecule has 1 aromatic carbocycles. The first-order valence-electron chi connectivity index (χ1n) is 14.9. The molecule has 1 aromatic heterocycles. The molecule has 2 aromatic rings. The maximum atomic E-state index is 14.1. The number of alkyl carbamates (subject to hydrolysis) is 1. The van der Waals surface area contributed by atoms with Crippen molar-refractivity contribution in [1.82, 2.24) is 35.7 Å². The summed E-state index contributed by atoms with van der Waals surface area (Å²) in [4.78, 5) is 55.6. The molecule has 236 valence electrons. The Balaban J connectivity index is 1.44. The highest BCUT2D eigenvalue weighted by Crippen LogP contribution is 2.45. The van der Waals surface area contributed by atoms with Crippen LogP contribution in [0.4, 0.5) is 9.18 Å². The van der Waals surface area contributed by atoms with Crippen molar-refractivity contribution in [2.24, 2.45) is 5.92 Å². The number of aliphatic carboxylic acids is 1. The van der Waals surface area contributed by atoms with Crippen LogP contribution in [-0.2, 0) is 19.1 Å². The summed E-state index contributed by atoms with van der Waals surface area (Å²) in [6.07, 6.45) is 6.70. The number of fused-ring (bicyclic) bond motifs is 2. The number of tetrazole rings is 1. The number of carboxylic acids is 1. The van der Waals surface area contributed by atoms with Crippen molar-refractivity contribution >= 4 is 23.9 Å². The third kappa shape index (κ3) is 6.89. The van der Waals surface area contributed by atoms with Gasteiger partial charge in [-0.05, 0) is 75.9 Å². The standard InChI is InChI=1S/C30H38FN7O6/c1-29(2,3)44-28(43)32-22-10-8-6-4-5-7-9-19-16-30(19,27(41)42)33-25(39)23-15-21(17-37(23)26(22)40)38-35-24(34-36-38)18-11-13-20(31)14-12-18/h7,9,11-14,19,21-23H,4-6,8,10,15-17H2,1-3H3,(H,32,43)(H,33,39)(H,41,42)/t19-,21-,22+,23+,30-/m1/s1. The van der Waals surface area contributed by atoms with Crippen molar-refractivity contribution in [1.29, 1.82) is 0 Å². The molecule has 3 N–H and O–H groups in total. The van der Waals surface area contributed by atoms with Crippen molar-refractivity contribution in [2.45, 2.75) is 95.0 Å². The van der Waals surface area contributed by atoms with Crippen LogP contribution in [0.15, 0.2) is 36.4 Å². The quantitative estimate of drug-likeness (QED) is 0.440. The highest BCUT2D eigenvalue weighted by molar-refractivity contribution is 5.96. The third-order valence-electron chi connectivity index (χ3n) is 8.19. The van der Waals surface area contributed by atoms with Crippen LogP contribution in [0.2, 0.25) is 0 Å². The number of hydrogen-bond acceptors (Lipinski definition) is 8. The number of rotatable bonds is 4. The Morgan fingerprint density at radius 3 is 2.61 bits per heavy atom. The molecule has 2 fully saturated rings. The van der Waals surface area contributed by atoms with Gasteiger partial charge in [-0.15, -0.1) is 10.2 Å². The Morgan fingerprint density at radius 1 is 1.16 bits per heavy atom. The van der Waals surface area contributed by atoms with E-state index in [9.17, 15) is 28.7 Å². The van der Waals surface area contributed by atoms with Crippen LogP contribution in [0.5, 0.6) is 0 Å². The van der Waals surface area contributed by atoms with E-state index in [4.69, 9.17) is 4.74 Å². The SMILES string of the molecule is CC(C)(C)OC(=O)N[C@H]1CCCCCC=C[C@@H]2C[C@@]2(C(=O)O)NC(=O)[C@@H]2C[C@@H](n3nnc(-c4ccc(F)cc4)n3)CN2C1=O. The summed E-state index contributed by atoms with van der Waals surface area (Å²) in [7, 11) is 0. The lowest BCUT2D eigenvalue weighted by Gasteiger charge is -2.30. The normalized spacial score (nSPS) is 27.8. The minimum absolute atomic E-state index is 0.0199. The molecule has 3 heterocycles. The lowest BCUT2D eigenvalue weighted by Crippen LogP contribution is -2.56. The number of halogens is 1. The van der Waals surface area contributed by atoms with Crippen molar-refractivity contribution in [2.75, 3.05) is 6.54 Å². The Hall–Kier alpha value is -4.36. The number of benzene rings is 1. The number of ether oxygens (including phenoxy) is 1. The molecule has 13 nitrogen and oxygen atoms in total. The van der Waals surface area contributed by atoms with Crippen LogP contribution in [0.1, 0.15) is 71.8 Å². The lowest BCUT2D eigenvalue weighted by atomic mass is 10.0. The summed E-state index contributed by atoms with van der Waals surface area (Å²) in [6.45, 7) is 5.18. The largest absolute Gasteiger partial charge is 0.479 e. The minimum atomic E-state index is -1.45. The summed E-state index contributed by atoms with van der Waals surface area (Å²) in [6, 6.07) is 3.00. The zero-order chi connectivity index (χ0) is 31.6. The van der Waals surface area contributed by atoms with E-state index >= 15 is 0 Å². The Morgan fingerprint density at radius 2 is 1.91 bits per heavy atom. The van der Waals surface area contributed by atoms with Crippen LogP contribution >= 0.6 is 0 Å². The molecule has 1 saturated carbocycles. The number of carboxylic acid groups (broad SMARTS) is 1. The van der Waals surface area contributed by atoms with Gasteiger partial charge >= 0.3 is 12.1 Å². The fourth-order valence-electron chi connectivity index (χ4n) is 5.79. The van der Waals surface area contributed by atoms with E-state index in [1.165, 1.54) is 34.0 Å². The molecule has 44 heavy (non-hydrogen) atoms. The molecule has 5 atom stereocenters. The molecule has 5 rings (SSSR count). The number of nitrogens with one attached hydrogen (secondary N) is 2. The number of allylic oxidation sites excluding steroid dienone is 1. The Bertz CT molecular complexity index is 1440. The molecule has 0 radical (unpaired) electrons. The van der Waals surface area contributed by atoms with Gasteiger partial charge in [-0.1, -0.05) is 25.0 Å². The molecular weight excluding hydrogens is 573 g/mol. The van der Waals surface area contributed by atoms with Crippen LogP contribution in [0.3, 0.4) is 0 Å². The van der Waals surface area contributed by atoms with Gasteiger partial charge in [0.25, 0.3) is 0 Å². The maximum absolute atomic E-state index is 14.1. The van der Waals surface area contributed by atoms with Crippen LogP contribution in [0.25, 0.3) is 11.4 Å². The van der Waals surface area contributed by atoms with Gasteiger partial charge in [-0.2, -0.15) is 4.80 Å². The third-order valence-corrected chi connectivity index (χ3v) is 8.19. The monoisotopic (exact) mass is 611 g/mol. The fraction of sp³-hybridized carbons (Fsp3) is 0.567. The minimum Gasteiger partial charge on any atom is -0.479 e. The van der Waals surface area contributed by atoms with Gasteiger partial charge in [0.2, 0.25) is 17.6 Å². The zero-order valence-electron chi connectivity index (χ0n) is 25.0. The molecule has 1 aliphatic carbocycles. The summed E-state index contributed by atoms with van der Waals surface area (Å²) >= 11 is 0. The first-order valence-corrected chi connectivity index (χ1v) is 14.9. The van der Waals surface area contributed by atoms with Crippen LogP contribution in [0, 0.1) is 11.7 Å². The summed E-state index contributed by atoms with van der Waals surface area (Å²) in [5.74, 6) is -2.75. The van der Waals surface area contributed by atoms with E-state index in [-0.39, 0.29) is 31.1 Å². The zero-order valence-corrected chi connectivity index (χ0v) is 25.0. The van der Waals surface area contributed by atoms with E-state index in [1.54, 1.807) is 20.8 Å². The molecular formula is C30H38FN7O6. The van der Waals surface area contributed by atoms with Gasteiger partial charge in [-0.3, -0.25) is 9.59 Å². The number of carbonyl (C=O) groups excluding carboxylic acids is 3.